The third-order valence-electron chi connectivity index (χ3n) is 2.37. The minimum atomic E-state index is 0.293. The molecule has 3 nitrogen and oxygen atoms in total. The zero-order chi connectivity index (χ0) is 13.9. The summed E-state index contributed by atoms with van der Waals surface area (Å²) in [6.07, 6.45) is 0.849. The van der Waals surface area contributed by atoms with Crippen molar-refractivity contribution in [2.75, 3.05) is 32.8 Å². The molecule has 0 N–H and O–H groups in total. The molecule has 0 fully saturated rings. The quantitative estimate of drug-likeness (QED) is 0.437. The fourth-order valence-electron chi connectivity index (χ4n) is 1.48. The van der Waals surface area contributed by atoms with Crippen molar-refractivity contribution in [3.8, 4) is 23.3 Å². The smallest absolute Gasteiger partial charge is 0.135 e. The Morgan fingerprint density at radius 3 is 2.79 bits per heavy atom. The van der Waals surface area contributed by atoms with Crippen LogP contribution in [0, 0.1) is 11.8 Å². The Hall–Kier alpha value is -1.37. The van der Waals surface area contributed by atoms with E-state index in [2.05, 4.69) is 11.8 Å². The molecule has 0 aliphatic carbocycles. The van der Waals surface area contributed by atoms with Crippen LogP contribution in [-0.4, -0.2) is 32.8 Å². The van der Waals surface area contributed by atoms with Crippen LogP contribution in [0.1, 0.15) is 18.9 Å². The Balaban J connectivity index is 2.64. The number of halogens is 1. The van der Waals surface area contributed by atoms with Gasteiger partial charge in [0.1, 0.15) is 11.5 Å². The van der Waals surface area contributed by atoms with Crippen LogP contribution in [0.4, 0.5) is 0 Å². The monoisotopic (exact) mass is 282 g/mol. The fraction of sp³-hybridized carbons (Fsp3) is 0.467. The van der Waals surface area contributed by atoms with Gasteiger partial charge in [0.2, 0.25) is 0 Å². The first-order chi connectivity index (χ1) is 9.31. The van der Waals surface area contributed by atoms with Crippen molar-refractivity contribution in [1.82, 2.24) is 0 Å². The Morgan fingerprint density at radius 2 is 2.11 bits per heavy atom. The topological polar surface area (TPSA) is 27.7 Å². The molecule has 0 atom stereocenters. The van der Waals surface area contributed by atoms with Crippen LogP contribution in [0.2, 0.25) is 0 Å². The van der Waals surface area contributed by atoms with Gasteiger partial charge in [0, 0.05) is 19.6 Å². The van der Waals surface area contributed by atoms with Gasteiger partial charge >= 0.3 is 0 Å². The van der Waals surface area contributed by atoms with Crippen LogP contribution >= 0.6 is 11.6 Å². The average molecular weight is 283 g/mol. The molecule has 0 aliphatic heterocycles. The predicted octanol–water partition coefficient (Wildman–Crippen LogP) is 3.09. The highest BCUT2D eigenvalue weighted by Gasteiger charge is 2.03. The van der Waals surface area contributed by atoms with Crippen LogP contribution in [0.15, 0.2) is 18.2 Å². The SMILES string of the molecule is CCOCCCOc1ccc(OC)cc1C#CCCl. The first-order valence-corrected chi connectivity index (χ1v) is 6.78. The number of alkyl halides is 1. The van der Waals surface area contributed by atoms with Crippen molar-refractivity contribution in [3.05, 3.63) is 23.8 Å². The first-order valence-electron chi connectivity index (χ1n) is 6.25. The van der Waals surface area contributed by atoms with Gasteiger partial charge in [-0.2, -0.15) is 0 Å². The van der Waals surface area contributed by atoms with E-state index in [0.717, 1.165) is 30.1 Å². The van der Waals surface area contributed by atoms with Gasteiger partial charge in [-0.1, -0.05) is 11.8 Å². The maximum absolute atomic E-state index is 5.70. The van der Waals surface area contributed by atoms with Gasteiger partial charge < -0.3 is 14.2 Å². The zero-order valence-electron chi connectivity index (χ0n) is 11.4. The van der Waals surface area contributed by atoms with Crippen LogP contribution in [-0.2, 0) is 4.74 Å². The van der Waals surface area contributed by atoms with Crippen molar-refractivity contribution in [3.63, 3.8) is 0 Å². The first kappa shape index (κ1) is 15.7. The molecule has 1 rings (SSSR count). The third-order valence-corrected chi connectivity index (χ3v) is 2.50. The Bertz CT molecular complexity index is 435. The number of rotatable bonds is 7. The molecule has 0 unspecified atom stereocenters. The standard InChI is InChI=1S/C15H19ClO3/c1-3-18-10-5-11-19-15-8-7-14(17-2)12-13(15)6-4-9-16/h7-8,12H,3,5,9-11H2,1-2H3. The van der Waals surface area contributed by atoms with Gasteiger partial charge in [-0.15, -0.1) is 11.6 Å². The van der Waals surface area contributed by atoms with E-state index in [-0.39, 0.29) is 0 Å². The molecular formula is C15H19ClO3. The fourth-order valence-corrected chi connectivity index (χ4v) is 1.54. The van der Waals surface area contributed by atoms with E-state index in [1.807, 2.05) is 25.1 Å². The lowest BCUT2D eigenvalue weighted by atomic mass is 10.2. The Kier molecular flexibility index (Phi) is 7.88. The minimum absolute atomic E-state index is 0.293. The van der Waals surface area contributed by atoms with Gasteiger partial charge in [-0.05, 0) is 25.1 Å². The van der Waals surface area contributed by atoms with E-state index < -0.39 is 0 Å². The summed E-state index contributed by atoms with van der Waals surface area (Å²) in [6, 6.07) is 5.55. The summed E-state index contributed by atoms with van der Waals surface area (Å²) in [4.78, 5) is 0. The molecule has 0 saturated carbocycles. The lowest BCUT2D eigenvalue weighted by molar-refractivity contribution is 0.131. The van der Waals surface area contributed by atoms with Crippen molar-refractivity contribution in [1.29, 1.82) is 0 Å². The van der Waals surface area contributed by atoms with Crippen LogP contribution in [0.5, 0.6) is 11.5 Å². The molecule has 0 bridgehead atoms. The molecule has 0 heterocycles. The van der Waals surface area contributed by atoms with Gasteiger partial charge in [0.15, 0.2) is 0 Å². The second-order valence-corrected chi connectivity index (χ2v) is 3.96. The molecule has 19 heavy (non-hydrogen) atoms. The molecule has 0 aromatic heterocycles. The predicted molar refractivity (Wildman–Crippen MR) is 77.2 cm³/mol. The molecule has 1 aromatic carbocycles. The molecule has 104 valence electrons. The lowest BCUT2D eigenvalue weighted by Crippen LogP contribution is -2.04. The summed E-state index contributed by atoms with van der Waals surface area (Å²) >= 11 is 5.58. The summed E-state index contributed by atoms with van der Waals surface area (Å²) in [5.74, 6) is 7.58. The maximum Gasteiger partial charge on any atom is 0.135 e. The second kappa shape index (κ2) is 9.55. The van der Waals surface area contributed by atoms with Crippen LogP contribution in [0.3, 0.4) is 0 Å². The minimum Gasteiger partial charge on any atom is -0.497 e. The summed E-state index contributed by atoms with van der Waals surface area (Å²) in [6.45, 7) is 4.01. The summed E-state index contributed by atoms with van der Waals surface area (Å²) in [5.41, 5.74) is 0.788. The van der Waals surface area contributed by atoms with E-state index in [1.165, 1.54) is 0 Å². The molecule has 4 heteroatoms. The van der Waals surface area contributed by atoms with Gasteiger partial charge in [0.25, 0.3) is 0 Å². The maximum atomic E-state index is 5.70. The van der Waals surface area contributed by atoms with E-state index in [4.69, 9.17) is 25.8 Å². The van der Waals surface area contributed by atoms with Crippen molar-refractivity contribution >= 4 is 11.6 Å². The Labute approximate surface area is 119 Å². The zero-order valence-corrected chi connectivity index (χ0v) is 12.1. The van der Waals surface area contributed by atoms with Crippen molar-refractivity contribution < 1.29 is 14.2 Å². The number of hydrogen-bond acceptors (Lipinski definition) is 3. The number of methoxy groups -OCH3 is 1. The van der Waals surface area contributed by atoms with E-state index in [0.29, 0.717) is 19.1 Å². The highest BCUT2D eigenvalue weighted by molar-refractivity contribution is 6.19. The van der Waals surface area contributed by atoms with Crippen molar-refractivity contribution in [2.45, 2.75) is 13.3 Å². The summed E-state index contributed by atoms with van der Waals surface area (Å²) in [5, 5.41) is 0. The van der Waals surface area contributed by atoms with Gasteiger partial charge in [-0.3, -0.25) is 0 Å². The second-order valence-electron chi connectivity index (χ2n) is 3.70. The largest absolute Gasteiger partial charge is 0.497 e. The molecular weight excluding hydrogens is 264 g/mol. The molecule has 0 amide bonds. The highest BCUT2D eigenvalue weighted by Crippen LogP contribution is 2.23. The molecule has 0 aliphatic rings. The number of ether oxygens (including phenoxy) is 3. The van der Waals surface area contributed by atoms with E-state index >= 15 is 0 Å². The lowest BCUT2D eigenvalue weighted by Gasteiger charge is -2.09. The third kappa shape index (κ3) is 5.87. The number of hydrogen-bond donors (Lipinski definition) is 0. The molecule has 0 radical (unpaired) electrons. The number of benzene rings is 1. The molecule has 1 aromatic rings. The Morgan fingerprint density at radius 1 is 1.26 bits per heavy atom. The summed E-state index contributed by atoms with van der Waals surface area (Å²) in [7, 11) is 1.62. The van der Waals surface area contributed by atoms with Crippen LogP contribution < -0.4 is 9.47 Å². The van der Waals surface area contributed by atoms with Crippen LogP contribution in [0.25, 0.3) is 0 Å². The van der Waals surface area contributed by atoms with E-state index in [9.17, 15) is 0 Å². The highest BCUT2D eigenvalue weighted by atomic mass is 35.5. The summed E-state index contributed by atoms with van der Waals surface area (Å²) < 4.78 is 16.1. The van der Waals surface area contributed by atoms with E-state index in [1.54, 1.807) is 7.11 Å². The van der Waals surface area contributed by atoms with Crippen molar-refractivity contribution in [2.24, 2.45) is 0 Å². The molecule has 0 saturated heterocycles. The normalized spacial score (nSPS) is 9.63. The van der Waals surface area contributed by atoms with Gasteiger partial charge in [0.05, 0.1) is 25.2 Å². The molecule has 0 spiro atoms. The van der Waals surface area contributed by atoms with Gasteiger partial charge in [-0.25, -0.2) is 0 Å². The average Bonchev–Trinajstić information content (AvgIpc) is 2.45.